The third-order valence-electron chi connectivity index (χ3n) is 5.75. The zero-order valence-electron chi connectivity index (χ0n) is 18.8. The van der Waals surface area contributed by atoms with E-state index in [9.17, 15) is 4.79 Å². The Hall–Kier alpha value is -2.67. The quantitative estimate of drug-likeness (QED) is 0.606. The van der Waals surface area contributed by atoms with Gasteiger partial charge in [-0.2, -0.15) is 5.10 Å². The molecule has 7 heteroatoms. The van der Waals surface area contributed by atoms with E-state index in [0.29, 0.717) is 17.1 Å². The van der Waals surface area contributed by atoms with Crippen molar-refractivity contribution in [3.63, 3.8) is 0 Å². The van der Waals surface area contributed by atoms with Crippen LogP contribution in [0, 0.1) is 13.8 Å². The van der Waals surface area contributed by atoms with E-state index in [4.69, 9.17) is 16.3 Å². The molecule has 0 spiro atoms. The zero-order chi connectivity index (χ0) is 22.7. The van der Waals surface area contributed by atoms with Crippen molar-refractivity contribution in [3.8, 4) is 5.69 Å². The number of aromatic nitrogens is 2. The summed E-state index contributed by atoms with van der Waals surface area (Å²) in [6.07, 6.45) is 0.274. The van der Waals surface area contributed by atoms with E-state index in [1.807, 2.05) is 44.2 Å². The molecule has 0 bridgehead atoms. The van der Waals surface area contributed by atoms with Crippen LogP contribution >= 0.6 is 11.6 Å². The molecular weight excluding hydrogens is 424 g/mol. The number of amides is 1. The van der Waals surface area contributed by atoms with Crippen LogP contribution in [0.3, 0.4) is 0 Å². The number of morpholine rings is 1. The molecule has 1 saturated heterocycles. The number of hydrogen-bond acceptors (Lipinski definition) is 4. The van der Waals surface area contributed by atoms with E-state index in [-0.39, 0.29) is 12.0 Å². The molecule has 2 heterocycles. The van der Waals surface area contributed by atoms with Gasteiger partial charge in [0.2, 0.25) is 0 Å². The van der Waals surface area contributed by atoms with E-state index in [1.165, 1.54) is 5.56 Å². The van der Waals surface area contributed by atoms with Crippen molar-refractivity contribution < 1.29 is 9.53 Å². The molecule has 0 radical (unpaired) electrons. The molecule has 3 aromatic rings. The van der Waals surface area contributed by atoms with E-state index >= 15 is 0 Å². The zero-order valence-corrected chi connectivity index (χ0v) is 19.5. The van der Waals surface area contributed by atoms with Crippen molar-refractivity contribution in [3.05, 3.63) is 81.6 Å². The molecule has 1 fully saturated rings. The van der Waals surface area contributed by atoms with E-state index in [0.717, 1.165) is 48.9 Å². The Bertz CT molecular complexity index is 1090. The predicted molar refractivity (Wildman–Crippen MR) is 126 cm³/mol. The van der Waals surface area contributed by atoms with Crippen LogP contribution in [0.15, 0.2) is 48.5 Å². The lowest BCUT2D eigenvalue weighted by atomic mass is 10.1. The van der Waals surface area contributed by atoms with Gasteiger partial charge < -0.3 is 10.1 Å². The fourth-order valence-electron chi connectivity index (χ4n) is 4.04. The van der Waals surface area contributed by atoms with Gasteiger partial charge in [0, 0.05) is 31.7 Å². The molecule has 32 heavy (non-hydrogen) atoms. The van der Waals surface area contributed by atoms with Crippen LogP contribution < -0.4 is 5.32 Å². The predicted octanol–water partition coefficient (Wildman–Crippen LogP) is 4.29. The summed E-state index contributed by atoms with van der Waals surface area (Å²) in [6.45, 7) is 9.97. The first-order valence-corrected chi connectivity index (χ1v) is 11.3. The second kappa shape index (κ2) is 9.86. The summed E-state index contributed by atoms with van der Waals surface area (Å²) in [7, 11) is 0. The maximum Gasteiger partial charge on any atom is 0.251 e. The molecule has 168 valence electrons. The Labute approximate surface area is 194 Å². The minimum Gasteiger partial charge on any atom is -0.376 e. The lowest BCUT2D eigenvalue weighted by molar-refractivity contribution is -0.0212. The van der Waals surface area contributed by atoms with Crippen molar-refractivity contribution in [2.24, 2.45) is 0 Å². The molecule has 1 aromatic heterocycles. The number of nitrogens with one attached hydrogen (secondary N) is 1. The van der Waals surface area contributed by atoms with Gasteiger partial charge in [0.15, 0.2) is 0 Å². The van der Waals surface area contributed by atoms with E-state index in [2.05, 4.69) is 40.4 Å². The maximum atomic E-state index is 12.7. The Morgan fingerprint density at radius 3 is 2.62 bits per heavy atom. The third-order valence-corrected chi connectivity index (χ3v) is 6.30. The van der Waals surface area contributed by atoms with Crippen molar-refractivity contribution in [2.75, 3.05) is 19.7 Å². The molecule has 6 nitrogen and oxygen atoms in total. The molecule has 1 N–H and O–H groups in total. The van der Waals surface area contributed by atoms with Crippen LogP contribution in [0.25, 0.3) is 5.69 Å². The van der Waals surface area contributed by atoms with Crippen LogP contribution in [-0.4, -0.2) is 46.4 Å². The van der Waals surface area contributed by atoms with Gasteiger partial charge in [-0.25, -0.2) is 4.68 Å². The average Bonchev–Trinajstić information content (AvgIpc) is 3.05. The first-order valence-electron chi connectivity index (χ1n) is 10.9. The maximum absolute atomic E-state index is 12.7. The molecule has 1 amide bonds. The minimum atomic E-state index is -0.102. The first-order chi connectivity index (χ1) is 15.4. The molecule has 1 unspecified atom stereocenters. The highest BCUT2D eigenvalue weighted by Gasteiger charge is 2.17. The van der Waals surface area contributed by atoms with Crippen molar-refractivity contribution in [2.45, 2.75) is 40.0 Å². The number of aryl methyl sites for hydroxylation is 1. The number of carbonyl (C=O) groups excluding carboxylic acids is 1. The molecule has 1 aliphatic heterocycles. The summed E-state index contributed by atoms with van der Waals surface area (Å²) >= 11 is 6.25. The summed E-state index contributed by atoms with van der Waals surface area (Å²) in [5.74, 6) is -0.102. The van der Waals surface area contributed by atoms with Gasteiger partial charge in [0.05, 0.1) is 34.8 Å². The van der Waals surface area contributed by atoms with Crippen LogP contribution in [0.4, 0.5) is 0 Å². The highest BCUT2D eigenvalue weighted by Crippen LogP contribution is 2.22. The monoisotopic (exact) mass is 452 g/mol. The highest BCUT2D eigenvalue weighted by atomic mass is 35.5. The molecule has 2 aromatic carbocycles. The summed E-state index contributed by atoms with van der Waals surface area (Å²) in [5, 5.41) is 8.14. The largest absolute Gasteiger partial charge is 0.376 e. The van der Waals surface area contributed by atoms with Gasteiger partial charge in [0.25, 0.3) is 5.91 Å². The van der Waals surface area contributed by atoms with Gasteiger partial charge in [-0.3, -0.25) is 9.69 Å². The Kier molecular flexibility index (Phi) is 6.94. The van der Waals surface area contributed by atoms with Gasteiger partial charge >= 0.3 is 0 Å². The summed E-state index contributed by atoms with van der Waals surface area (Å²) < 4.78 is 7.41. The molecule has 0 saturated carbocycles. The molecule has 0 aliphatic carbocycles. The molecule has 4 rings (SSSR count). The van der Waals surface area contributed by atoms with Gasteiger partial charge in [-0.15, -0.1) is 0 Å². The van der Waals surface area contributed by atoms with Crippen LogP contribution in [0.1, 0.15) is 39.8 Å². The van der Waals surface area contributed by atoms with Crippen molar-refractivity contribution in [1.29, 1.82) is 0 Å². The standard InChI is InChI=1S/C25H29ClN4O2/c1-17-15-29(11-12-32-17)16-21-6-4-5-20(13-21)14-27-25(31)22-7-9-23(10-8-22)30-19(3)24(26)18(2)28-30/h4-10,13,17H,11-12,14-16H2,1-3H3,(H,27,31). The van der Waals surface area contributed by atoms with Crippen LogP contribution in [-0.2, 0) is 17.8 Å². The Balaban J connectivity index is 1.36. The number of hydrogen-bond donors (Lipinski definition) is 1. The lowest BCUT2D eigenvalue weighted by Gasteiger charge is -2.31. The highest BCUT2D eigenvalue weighted by molar-refractivity contribution is 6.31. The smallest absolute Gasteiger partial charge is 0.251 e. The SMILES string of the molecule is Cc1nn(-c2ccc(C(=O)NCc3cccc(CN4CCOC(C)C4)c3)cc2)c(C)c1Cl. The van der Waals surface area contributed by atoms with Gasteiger partial charge in [-0.1, -0.05) is 35.9 Å². The second-order valence-electron chi connectivity index (χ2n) is 8.36. The van der Waals surface area contributed by atoms with Crippen molar-refractivity contribution >= 4 is 17.5 Å². The number of halogens is 1. The van der Waals surface area contributed by atoms with Crippen molar-refractivity contribution in [1.82, 2.24) is 20.0 Å². The Morgan fingerprint density at radius 1 is 1.19 bits per heavy atom. The summed E-state index contributed by atoms with van der Waals surface area (Å²) in [5.41, 5.74) is 5.49. The minimum absolute atomic E-state index is 0.102. The Morgan fingerprint density at radius 2 is 1.94 bits per heavy atom. The molecular formula is C25H29ClN4O2. The van der Waals surface area contributed by atoms with E-state index in [1.54, 1.807) is 4.68 Å². The van der Waals surface area contributed by atoms with E-state index < -0.39 is 0 Å². The first kappa shape index (κ1) is 22.5. The number of ether oxygens (including phenoxy) is 1. The number of benzene rings is 2. The normalized spacial score (nSPS) is 16.8. The van der Waals surface area contributed by atoms with Crippen LogP contribution in [0.5, 0.6) is 0 Å². The summed E-state index contributed by atoms with van der Waals surface area (Å²) in [4.78, 5) is 15.1. The fraction of sp³-hybridized carbons (Fsp3) is 0.360. The molecule has 1 aliphatic rings. The van der Waals surface area contributed by atoms with Gasteiger partial charge in [-0.05, 0) is 56.2 Å². The number of carbonyl (C=O) groups is 1. The third kappa shape index (κ3) is 5.21. The average molecular weight is 453 g/mol. The topological polar surface area (TPSA) is 59.4 Å². The fourth-order valence-corrected chi connectivity index (χ4v) is 4.16. The lowest BCUT2D eigenvalue weighted by Crippen LogP contribution is -2.40. The van der Waals surface area contributed by atoms with Gasteiger partial charge in [0.1, 0.15) is 0 Å². The van der Waals surface area contributed by atoms with Crippen LogP contribution in [0.2, 0.25) is 5.02 Å². The summed E-state index contributed by atoms with van der Waals surface area (Å²) in [6, 6.07) is 15.8. The molecule has 1 atom stereocenters. The second-order valence-corrected chi connectivity index (χ2v) is 8.74. The number of rotatable bonds is 6. The number of nitrogens with zero attached hydrogens (tertiary/aromatic N) is 3.